The highest BCUT2D eigenvalue weighted by Gasteiger charge is 2.20. The second kappa shape index (κ2) is 7.77. The average molecular weight is 428 g/mol. The summed E-state index contributed by atoms with van der Waals surface area (Å²) in [6, 6.07) is 13.2. The van der Waals surface area contributed by atoms with Crippen LogP contribution in [-0.4, -0.2) is 15.5 Å². The van der Waals surface area contributed by atoms with Gasteiger partial charge in [0.2, 0.25) is 0 Å². The number of anilines is 1. The van der Waals surface area contributed by atoms with E-state index in [-0.39, 0.29) is 23.8 Å². The molecule has 0 radical (unpaired) electrons. The van der Waals surface area contributed by atoms with Gasteiger partial charge in [0.05, 0.1) is 33.8 Å². The number of aromatic nitrogens is 2. The number of amides is 1. The molecule has 0 fully saturated rings. The molecule has 0 aliphatic rings. The van der Waals surface area contributed by atoms with E-state index in [9.17, 15) is 14.0 Å². The first-order valence-electron chi connectivity index (χ1n) is 8.73. The minimum atomic E-state index is -0.388. The van der Waals surface area contributed by atoms with Crippen molar-refractivity contribution in [2.45, 2.75) is 13.5 Å². The number of nitrogens with one attached hydrogen (secondary N) is 1. The molecule has 2 aromatic carbocycles. The van der Waals surface area contributed by atoms with Crippen LogP contribution in [0.1, 0.15) is 20.8 Å². The largest absolute Gasteiger partial charge is 0.320 e. The van der Waals surface area contributed by atoms with Gasteiger partial charge in [-0.25, -0.2) is 9.37 Å². The van der Waals surface area contributed by atoms with Gasteiger partial charge < -0.3 is 5.32 Å². The summed E-state index contributed by atoms with van der Waals surface area (Å²) in [5.74, 6) is -0.750. The van der Waals surface area contributed by atoms with Gasteiger partial charge in [0.25, 0.3) is 11.5 Å². The molecule has 2 heterocycles. The van der Waals surface area contributed by atoms with Crippen molar-refractivity contribution >= 4 is 44.7 Å². The van der Waals surface area contributed by atoms with Gasteiger partial charge in [-0.05, 0) is 30.7 Å². The molecule has 4 aromatic rings. The Morgan fingerprint density at radius 2 is 1.93 bits per heavy atom. The van der Waals surface area contributed by atoms with Gasteiger partial charge in [-0.2, -0.15) is 0 Å². The van der Waals surface area contributed by atoms with Crippen LogP contribution in [0.2, 0.25) is 5.02 Å². The van der Waals surface area contributed by atoms with Crippen LogP contribution in [0.5, 0.6) is 0 Å². The minimum Gasteiger partial charge on any atom is -0.320 e. The molecule has 8 heteroatoms. The Balaban J connectivity index is 1.71. The molecule has 0 unspecified atom stereocenters. The summed E-state index contributed by atoms with van der Waals surface area (Å²) in [7, 11) is 0. The number of halogens is 2. The number of para-hydroxylation sites is 1. The van der Waals surface area contributed by atoms with E-state index in [0.29, 0.717) is 36.9 Å². The van der Waals surface area contributed by atoms with E-state index in [1.54, 1.807) is 49.4 Å². The fourth-order valence-corrected chi connectivity index (χ4v) is 4.26. The summed E-state index contributed by atoms with van der Waals surface area (Å²) < 4.78 is 15.3. The Bertz CT molecular complexity index is 1300. The predicted molar refractivity (Wildman–Crippen MR) is 114 cm³/mol. The molecule has 0 bridgehead atoms. The maximum absolute atomic E-state index is 14.0. The summed E-state index contributed by atoms with van der Waals surface area (Å²) in [5.41, 5.74) is 1.10. The first-order valence-corrected chi connectivity index (χ1v) is 9.93. The first-order chi connectivity index (χ1) is 14.0. The molecule has 29 heavy (non-hydrogen) atoms. The van der Waals surface area contributed by atoms with Crippen molar-refractivity contribution in [3.63, 3.8) is 0 Å². The number of carbonyl (C=O) groups excluding carboxylic acids is 1. The van der Waals surface area contributed by atoms with Crippen molar-refractivity contribution in [2.75, 3.05) is 5.32 Å². The van der Waals surface area contributed by atoms with Gasteiger partial charge in [0.1, 0.15) is 10.6 Å². The standard InChI is InChI=1S/C21H15ClFN3O2S/c1-12-17-20(29-18(12)19(27)25-16-9-5-3-7-14(16)22)24-11-26(21(17)28)10-13-6-2-4-8-15(13)23/h2-9,11H,10H2,1H3,(H,25,27). The molecule has 5 nitrogen and oxygen atoms in total. The maximum atomic E-state index is 14.0. The number of hydrogen-bond acceptors (Lipinski definition) is 4. The third-order valence-electron chi connectivity index (χ3n) is 4.54. The fourth-order valence-electron chi connectivity index (χ4n) is 3.04. The van der Waals surface area contributed by atoms with E-state index in [4.69, 9.17) is 11.6 Å². The molecule has 1 amide bonds. The van der Waals surface area contributed by atoms with Crippen LogP contribution in [-0.2, 0) is 6.54 Å². The molecule has 4 rings (SSSR count). The van der Waals surface area contributed by atoms with Crippen LogP contribution in [0.25, 0.3) is 10.2 Å². The van der Waals surface area contributed by atoms with Crippen LogP contribution in [0.15, 0.2) is 59.7 Å². The summed E-state index contributed by atoms with van der Waals surface area (Å²) >= 11 is 7.24. The lowest BCUT2D eigenvalue weighted by atomic mass is 10.2. The smallest absolute Gasteiger partial charge is 0.266 e. The van der Waals surface area contributed by atoms with Crippen molar-refractivity contribution in [3.8, 4) is 0 Å². The average Bonchev–Trinajstić information content (AvgIpc) is 3.05. The molecular weight excluding hydrogens is 413 g/mol. The topological polar surface area (TPSA) is 64.0 Å². The first kappa shape index (κ1) is 19.3. The van der Waals surface area contributed by atoms with Gasteiger partial charge in [-0.3, -0.25) is 14.2 Å². The summed E-state index contributed by atoms with van der Waals surface area (Å²) in [6.45, 7) is 1.77. The predicted octanol–water partition coefficient (Wildman–Crippen LogP) is 4.86. The highest BCUT2D eigenvalue weighted by atomic mass is 35.5. The van der Waals surface area contributed by atoms with Gasteiger partial charge in [-0.15, -0.1) is 11.3 Å². The number of nitrogens with zero attached hydrogens (tertiary/aromatic N) is 2. The number of hydrogen-bond donors (Lipinski definition) is 1. The molecule has 0 aliphatic carbocycles. The Hall–Kier alpha value is -3.03. The van der Waals surface area contributed by atoms with Gasteiger partial charge >= 0.3 is 0 Å². The molecule has 1 N–H and O–H groups in total. The molecule has 2 aromatic heterocycles. The van der Waals surface area contributed by atoms with Gasteiger partial charge in [0, 0.05) is 5.56 Å². The minimum absolute atomic E-state index is 0.0604. The van der Waals surface area contributed by atoms with Crippen LogP contribution in [0.3, 0.4) is 0 Å². The van der Waals surface area contributed by atoms with Crippen molar-refractivity contribution < 1.29 is 9.18 Å². The second-order valence-electron chi connectivity index (χ2n) is 6.44. The molecule has 0 spiro atoms. The Morgan fingerprint density at radius 3 is 2.69 bits per heavy atom. The second-order valence-corrected chi connectivity index (χ2v) is 7.85. The molecule has 0 aliphatic heterocycles. The third kappa shape index (κ3) is 3.66. The van der Waals surface area contributed by atoms with Crippen LogP contribution >= 0.6 is 22.9 Å². The highest BCUT2D eigenvalue weighted by molar-refractivity contribution is 7.20. The van der Waals surface area contributed by atoms with Crippen LogP contribution in [0.4, 0.5) is 10.1 Å². The third-order valence-corrected chi connectivity index (χ3v) is 6.07. The number of aryl methyl sites for hydroxylation is 1. The maximum Gasteiger partial charge on any atom is 0.266 e. The summed E-state index contributed by atoms with van der Waals surface area (Å²) in [4.78, 5) is 30.9. The number of thiophene rings is 1. The van der Waals surface area contributed by atoms with E-state index in [1.165, 1.54) is 17.0 Å². The molecular formula is C21H15ClFN3O2S. The summed E-state index contributed by atoms with van der Waals surface area (Å²) in [5, 5.41) is 3.54. The van der Waals surface area contributed by atoms with Gasteiger partial charge in [0.15, 0.2) is 0 Å². The SMILES string of the molecule is Cc1c(C(=O)Nc2ccccc2Cl)sc2ncn(Cc3ccccc3F)c(=O)c12. The number of rotatable bonds is 4. The van der Waals surface area contributed by atoms with E-state index in [2.05, 4.69) is 10.3 Å². The van der Waals surface area contributed by atoms with Gasteiger partial charge in [-0.1, -0.05) is 41.9 Å². The number of carbonyl (C=O) groups is 1. The zero-order valence-corrected chi connectivity index (χ0v) is 16.9. The quantitative estimate of drug-likeness (QED) is 0.506. The Kier molecular flexibility index (Phi) is 5.17. The molecule has 0 saturated heterocycles. The van der Waals surface area contributed by atoms with Crippen LogP contribution in [0, 0.1) is 12.7 Å². The number of fused-ring (bicyclic) bond motifs is 1. The molecule has 146 valence electrons. The highest BCUT2D eigenvalue weighted by Crippen LogP contribution is 2.29. The monoisotopic (exact) mass is 427 g/mol. The van der Waals surface area contributed by atoms with E-state index >= 15 is 0 Å². The lowest BCUT2D eigenvalue weighted by Crippen LogP contribution is -2.21. The Labute approximate surface area is 174 Å². The van der Waals surface area contributed by atoms with E-state index < -0.39 is 0 Å². The molecule has 0 atom stereocenters. The van der Waals surface area contributed by atoms with Crippen molar-refractivity contribution in [1.29, 1.82) is 0 Å². The Morgan fingerprint density at radius 1 is 1.21 bits per heavy atom. The lowest BCUT2D eigenvalue weighted by molar-refractivity contribution is 0.103. The normalized spacial score (nSPS) is 11.0. The zero-order chi connectivity index (χ0) is 20.5. The van der Waals surface area contributed by atoms with Crippen molar-refractivity contribution in [1.82, 2.24) is 9.55 Å². The van der Waals surface area contributed by atoms with Crippen LogP contribution < -0.4 is 10.9 Å². The van der Waals surface area contributed by atoms with E-state index in [0.717, 1.165) is 11.3 Å². The number of benzene rings is 2. The summed E-state index contributed by atoms with van der Waals surface area (Å²) in [6.07, 6.45) is 1.38. The lowest BCUT2D eigenvalue weighted by Gasteiger charge is -2.07. The molecule has 0 saturated carbocycles. The fraction of sp³-hybridized carbons (Fsp3) is 0.0952. The van der Waals surface area contributed by atoms with Crippen molar-refractivity contribution in [3.05, 3.63) is 92.1 Å². The zero-order valence-electron chi connectivity index (χ0n) is 15.3. The van der Waals surface area contributed by atoms with E-state index in [1.807, 2.05) is 0 Å². The van der Waals surface area contributed by atoms with Crippen molar-refractivity contribution in [2.24, 2.45) is 0 Å².